The van der Waals surface area contributed by atoms with Gasteiger partial charge in [-0.15, -0.1) is 0 Å². The quantitative estimate of drug-likeness (QED) is 0.220. The summed E-state index contributed by atoms with van der Waals surface area (Å²) in [7, 11) is -0.731. The molecule has 0 unspecified atom stereocenters. The molecule has 6 nitrogen and oxygen atoms in total. The maximum atomic E-state index is 11.8. The average molecular weight is 565 g/mol. The van der Waals surface area contributed by atoms with Gasteiger partial charge in [0.1, 0.15) is 5.65 Å². The van der Waals surface area contributed by atoms with Crippen molar-refractivity contribution in [3.8, 4) is 16.9 Å². The first-order valence-corrected chi connectivity index (χ1v) is 16.1. The van der Waals surface area contributed by atoms with Gasteiger partial charge in [0.2, 0.25) is 0 Å². The smallest absolute Gasteiger partial charge is 0.152 e. The van der Waals surface area contributed by atoms with E-state index in [0.717, 1.165) is 59.6 Å². The van der Waals surface area contributed by atoms with Crippen molar-refractivity contribution in [2.75, 3.05) is 43.1 Å². The fourth-order valence-electron chi connectivity index (χ4n) is 5.63. The van der Waals surface area contributed by atoms with Gasteiger partial charge in [-0.3, -0.25) is 0 Å². The van der Waals surface area contributed by atoms with Crippen molar-refractivity contribution in [1.29, 1.82) is 0 Å². The highest BCUT2D eigenvalue weighted by Gasteiger charge is 2.21. The van der Waals surface area contributed by atoms with Gasteiger partial charge in [-0.25, -0.2) is 13.4 Å². The minimum atomic E-state index is -2.85. The van der Waals surface area contributed by atoms with Crippen LogP contribution in [0.5, 0.6) is 0 Å². The summed E-state index contributed by atoms with van der Waals surface area (Å²) in [6, 6.07) is 33.8. The number of hydrogen-bond donors (Lipinski definition) is 0. The largest absolute Gasteiger partial charge is 0.370 e. The fourth-order valence-corrected chi connectivity index (χ4v) is 6.91. The lowest BCUT2D eigenvalue weighted by molar-refractivity contribution is 0.292. The van der Waals surface area contributed by atoms with Crippen LogP contribution in [0.25, 0.3) is 28.0 Å². The minimum Gasteiger partial charge on any atom is -0.370 e. The summed E-state index contributed by atoms with van der Waals surface area (Å²) in [6.07, 6.45) is 4.12. The molecule has 1 saturated heterocycles. The Labute approximate surface area is 242 Å². The Morgan fingerprint density at radius 2 is 1.59 bits per heavy atom. The first kappa shape index (κ1) is 27.2. The van der Waals surface area contributed by atoms with Crippen molar-refractivity contribution < 1.29 is 8.42 Å². The molecular weight excluding hydrogens is 528 g/mol. The third kappa shape index (κ3) is 6.37. The van der Waals surface area contributed by atoms with E-state index in [4.69, 9.17) is 4.98 Å². The minimum absolute atomic E-state index is 0.274. The number of aromatic nitrogens is 2. The second-order valence-electron chi connectivity index (χ2n) is 10.9. The number of sulfone groups is 1. The Hall–Kier alpha value is -3.94. The zero-order chi connectivity index (χ0) is 28.2. The Bertz CT molecular complexity index is 1720. The normalized spacial score (nSPS) is 15.2. The number of anilines is 1. The standard InChI is InChI=1S/C34H36N4O2S/c1-36(25-27-10-4-2-5-11-27)31-16-8-12-28(24-31)33-18-17-32-29(13-9-19-37-20-22-41(39,40)23-21-37)26-38(34(32)35-33)30-14-6-3-7-15-30/h2-8,10-12,14-18,24,26H,9,13,19-23,25H2,1H3. The van der Waals surface area contributed by atoms with E-state index >= 15 is 0 Å². The van der Waals surface area contributed by atoms with Crippen LogP contribution in [-0.2, 0) is 22.8 Å². The molecule has 7 heteroatoms. The van der Waals surface area contributed by atoms with Crippen molar-refractivity contribution in [1.82, 2.24) is 14.5 Å². The van der Waals surface area contributed by atoms with Gasteiger partial charge in [0.05, 0.1) is 17.2 Å². The van der Waals surface area contributed by atoms with Gasteiger partial charge in [-0.1, -0.05) is 60.7 Å². The van der Waals surface area contributed by atoms with Crippen molar-refractivity contribution in [2.45, 2.75) is 19.4 Å². The lowest BCUT2D eigenvalue weighted by Gasteiger charge is -2.26. The van der Waals surface area contributed by atoms with E-state index in [-0.39, 0.29) is 11.5 Å². The summed E-state index contributed by atoms with van der Waals surface area (Å²) < 4.78 is 25.8. The molecule has 1 fully saturated rings. The molecule has 0 bridgehead atoms. The van der Waals surface area contributed by atoms with Gasteiger partial charge >= 0.3 is 0 Å². The van der Waals surface area contributed by atoms with E-state index in [0.29, 0.717) is 13.1 Å². The summed E-state index contributed by atoms with van der Waals surface area (Å²) in [6.45, 7) is 3.02. The molecule has 0 radical (unpaired) electrons. The molecule has 1 aliphatic heterocycles. The monoisotopic (exact) mass is 564 g/mol. The molecule has 6 rings (SSSR count). The van der Waals surface area contributed by atoms with Crippen molar-refractivity contribution in [3.63, 3.8) is 0 Å². The molecule has 0 saturated carbocycles. The summed E-state index contributed by atoms with van der Waals surface area (Å²) in [4.78, 5) is 9.75. The van der Waals surface area contributed by atoms with Crippen LogP contribution in [0, 0.1) is 0 Å². The lowest BCUT2D eigenvalue weighted by Crippen LogP contribution is -2.40. The van der Waals surface area contributed by atoms with E-state index in [1.165, 1.54) is 11.1 Å². The van der Waals surface area contributed by atoms with Gasteiger partial charge < -0.3 is 14.4 Å². The van der Waals surface area contributed by atoms with Crippen LogP contribution in [0.15, 0.2) is 103 Å². The first-order chi connectivity index (χ1) is 19.9. The predicted molar refractivity (Wildman–Crippen MR) is 168 cm³/mol. The number of aryl methyl sites for hydroxylation is 1. The molecule has 2 aromatic heterocycles. The van der Waals surface area contributed by atoms with Crippen LogP contribution in [-0.4, -0.2) is 61.1 Å². The van der Waals surface area contributed by atoms with Gasteiger partial charge in [0.25, 0.3) is 0 Å². The maximum Gasteiger partial charge on any atom is 0.152 e. The van der Waals surface area contributed by atoms with Crippen LogP contribution >= 0.6 is 0 Å². The number of pyridine rings is 1. The second-order valence-corrected chi connectivity index (χ2v) is 13.2. The molecule has 41 heavy (non-hydrogen) atoms. The Kier molecular flexibility index (Phi) is 7.90. The van der Waals surface area contributed by atoms with Crippen molar-refractivity contribution >= 4 is 26.6 Å². The second kappa shape index (κ2) is 11.9. The average Bonchev–Trinajstić information content (AvgIpc) is 3.37. The van der Waals surface area contributed by atoms with Crippen LogP contribution in [0.4, 0.5) is 5.69 Å². The SMILES string of the molecule is CN(Cc1ccccc1)c1cccc(-c2ccc3c(CCCN4CCS(=O)(=O)CC4)cn(-c4ccccc4)c3n2)c1. The molecule has 210 valence electrons. The number of fused-ring (bicyclic) bond motifs is 1. The molecule has 1 aliphatic rings. The number of para-hydroxylation sites is 1. The number of benzene rings is 3. The van der Waals surface area contributed by atoms with Gasteiger partial charge in [0.15, 0.2) is 9.84 Å². The van der Waals surface area contributed by atoms with Crippen molar-refractivity contribution in [3.05, 3.63) is 114 Å². The highest BCUT2D eigenvalue weighted by molar-refractivity contribution is 7.91. The molecule has 0 aliphatic carbocycles. The van der Waals surface area contributed by atoms with Gasteiger partial charge in [-0.2, -0.15) is 0 Å². The van der Waals surface area contributed by atoms with E-state index in [1.807, 2.05) is 12.1 Å². The highest BCUT2D eigenvalue weighted by atomic mass is 32.2. The Morgan fingerprint density at radius 3 is 2.34 bits per heavy atom. The van der Waals surface area contributed by atoms with Crippen LogP contribution in [0.3, 0.4) is 0 Å². The summed E-state index contributed by atoms with van der Waals surface area (Å²) in [5, 5.41) is 1.16. The molecule has 0 atom stereocenters. The van der Waals surface area contributed by atoms with E-state index in [2.05, 4.69) is 113 Å². The van der Waals surface area contributed by atoms with Crippen LogP contribution < -0.4 is 4.90 Å². The highest BCUT2D eigenvalue weighted by Crippen LogP contribution is 2.30. The molecule has 0 N–H and O–H groups in total. The van der Waals surface area contributed by atoms with E-state index < -0.39 is 9.84 Å². The van der Waals surface area contributed by atoms with Gasteiger partial charge in [-0.05, 0) is 66.9 Å². The lowest BCUT2D eigenvalue weighted by atomic mass is 10.1. The van der Waals surface area contributed by atoms with E-state index in [9.17, 15) is 8.42 Å². The number of nitrogens with zero attached hydrogens (tertiary/aromatic N) is 4. The van der Waals surface area contributed by atoms with Gasteiger partial charge in [0, 0.05) is 55.2 Å². The topological polar surface area (TPSA) is 58.4 Å². The zero-order valence-corrected chi connectivity index (χ0v) is 24.3. The number of rotatable bonds is 9. The molecule has 3 aromatic carbocycles. The summed E-state index contributed by atoms with van der Waals surface area (Å²) in [5.74, 6) is 0.548. The predicted octanol–water partition coefficient (Wildman–Crippen LogP) is 5.99. The molecule has 5 aromatic rings. The molecule has 0 spiro atoms. The maximum absolute atomic E-state index is 11.8. The third-order valence-corrected chi connectivity index (χ3v) is 9.58. The Morgan fingerprint density at radius 1 is 0.854 bits per heavy atom. The van der Waals surface area contributed by atoms with E-state index in [1.54, 1.807) is 0 Å². The number of hydrogen-bond acceptors (Lipinski definition) is 5. The third-order valence-electron chi connectivity index (χ3n) is 7.97. The first-order valence-electron chi connectivity index (χ1n) is 14.3. The van der Waals surface area contributed by atoms with Crippen molar-refractivity contribution in [2.24, 2.45) is 0 Å². The fraction of sp³-hybridized carbons (Fsp3) is 0.265. The molecule has 0 amide bonds. The molecule has 3 heterocycles. The summed E-state index contributed by atoms with van der Waals surface area (Å²) >= 11 is 0. The Balaban J connectivity index is 1.27. The van der Waals surface area contributed by atoms with Crippen LogP contribution in [0.2, 0.25) is 0 Å². The molecular formula is C34H36N4O2S. The summed E-state index contributed by atoms with van der Waals surface area (Å²) in [5.41, 5.74) is 7.78. The zero-order valence-electron chi connectivity index (χ0n) is 23.5. The van der Waals surface area contributed by atoms with Crippen LogP contribution in [0.1, 0.15) is 17.5 Å².